The summed E-state index contributed by atoms with van der Waals surface area (Å²) in [5.74, 6) is 0.279. The van der Waals surface area contributed by atoms with Crippen molar-refractivity contribution >= 4 is 22.0 Å². The molecule has 1 unspecified atom stereocenters. The van der Waals surface area contributed by atoms with E-state index in [0.717, 1.165) is 0 Å². The third-order valence-corrected chi connectivity index (χ3v) is 2.13. The van der Waals surface area contributed by atoms with E-state index in [2.05, 4.69) is 21.2 Å². The molecule has 0 aliphatic rings. The van der Waals surface area contributed by atoms with Crippen LogP contribution in [-0.4, -0.2) is 16.2 Å². The average molecular weight is 196 g/mol. The molecule has 0 aromatic heterocycles. The Morgan fingerprint density at radius 1 is 1.67 bits per heavy atom. The number of carbonyl (C=O) groups is 1. The minimum absolute atomic E-state index is 0.144. The smallest absolute Gasteiger partial charge is 0.405 e. The third kappa shape index (κ3) is 4.27. The van der Waals surface area contributed by atoms with Gasteiger partial charge in [0.05, 0.1) is 4.95 Å². The Kier molecular flexibility index (Phi) is 3.61. The predicted octanol–water partition coefficient (Wildman–Crippen LogP) is 1.63. The van der Waals surface area contributed by atoms with Crippen LogP contribution in [0.15, 0.2) is 0 Å². The Bertz CT molecular complexity index is 105. The van der Waals surface area contributed by atoms with Gasteiger partial charge < -0.3 is 10.4 Å². The summed E-state index contributed by atoms with van der Waals surface area (Å²) in [6, 6.07) is 0. The van der Waals surface area contributed by atoms with Gasteiger partial charge in [-0.15, -0.1) is 0 Å². The summed E-state index contributed by atoms with van der Waals surface area (Å²) in [4.78, 5) is 9.83. The summed E-state index contributed by atoms with van der Waals surface area (Å²) >= 11 is 3.15. The lowest BCUT2D eigenvalue weighted by atomic mass is 10.2. The maximum Gasteiger partial charge on any atom is 0.405 e. The first-order chi connectivity index (χ1) is 4.04. The van der Waals surface area contributed by atoms with Gasteiger partial charge in [0.2, 0.25) is 0 Å². The summed E-state index contributed by atoms with van der Waals surface area (Å²) in [5, 5.41) is 10.5. The second-order valence-electron chi connectivity index (χ2n) is 2.10. The van der Waals surface area contributed by atoms with Gasteiger partial charge in [-0.2, -0.15) is 0 Å². The Hall–Kier alpha value is -0.250. The molecule has 0 saturated carbocycles. The van der Waals surface area contributed by atoms with Crippen molar-refractivity contribution in [2.24, 2.45) is 5.92 Å². The summed E-state index contributed by atoms with van der Waals surface area (Å²) in [5.41, 5.74) is 0. The molecule has 0 bridgehead atoms. The van der Waals surface area contributed by atoms with E-state index >= 15 is 0 Å². The molecule has 2 N–H and O–H groups in total. The minimum Gasteiger partial charge on any atom is -0.465 e. The van der Waals surface area contributed by atoms with Crippen molar-refractivity contribution in [1.82, 2.24) is 5.32 Å². The molecular weight excluding hydrogens is 186 g/mol. The lowest BCUT2D eigenvalue weighted by Crippen LogP contribution is -2.32. The van der Waals surface area contributed by atoms with Crippen LogP contribution in [0.5, 0.6) is 0 Å². The quantitative estimate of drug-likeness (QED) is 0.520. The highest BCUT2D eigenvalue weighted by Gasteiger charge is 2.09. The van der Waals surface area contributed by atoms with Gasteiger partial charge in [0.15, 0.2) is 0 Å². The number of alkyl halides is 1. The average Bonchev–Trinajstić information content (AvgIpc) is 1.63. The number of rotatable bonds is 2. The topological polar surface area (TPSA) is 49.3 Å². The molecule has 0 fully saturated rings. The van der Waals surface area contributed by atoms with Crippen LogP contribution in [0.1, 0.15) is 13.8 Å². The predicted molar refractivity (Wildman–Crippen MR) is 38.7 cm³/mol. The molecule has 0 aliphatic heterocycles. The fourth-order valence-electron chi connectivity index (χ4n) is 0.285. The zero-order valence-electron chi connectivity index (χ0n) is 5.39. The second kappa shape index (κ2) is 3.71. The Balaban J connectivity index is 3.50. The van der Waals surface area contributed by atoms with Crippen molar-refractivity contribution < 1.29 is 9.90 Å². The molecule has 9 heavy (non-hydrogen) atoms. The van der Waals surface area contributed by atoms with E-state index in [1.54, 1.807) is 0 Å². The number of hydrogen-bond donors (Lipinski definition) is 2. The van der Waals surface area contributed by atoms with Gasteiger partial charge in [0.1, 0.15) is 0 Å². The highest BCUT2D eigenvalue weighted by atomic mass is 79.9. The number of amides is 1. The van der Waals surface area contributed by atoms with Gasteiger partial charge in [-0.3, -0.25) is 0 Å². The first-order valence-corrected chi connectivity index (χ1v) is 3.59. The maximum atomic E-state index is 9.97. The van der Waals surface area contributed by atoms with E-state index in [1.807, 2.05) is 13.8 Å². The zero-order chi connectivity index (χ0) is 7.44. The number of carboxylic acid groups (broad SMARTS) is 1. The Morgan fingerprint density at radius 3 is 2.22 bits per heavy atom. The highest BCUT2D eigenvalue weighted by Crippen LogP contribution is 2.07. The van der Waals surface area contributed by atoms with Crippen LogP contribution in [-0.2, 0) is 0 Å². The maximum absolute atomic E-state index is 9.97. The van der Waals surface area contributed by atoms with E-state index in [4.69, 9.17) is 5.11 Å². The molecule has 1 amide bonds. The van der Waals surface area contributed by atoms with Crippen molar-refractivity contribution in [1.29, 1.82) is 0 Å². The van der Waals surface area contributed by atoms with Crippen LogP contribution in [0.2, 0.25) is 0 Å². The van der Waals surface area contributed by atoms with Crippen molar-refractivity contribution in [2.45, 2.75) is 18.8 Å². The molecule has 0 rings (SSSR count). The van der Waals surface area contributed by atoms with Crippen LogP contribution in [0.3, 0.4) is 0 Å². The molecule has 0 radical (unpaired) electrons. The monoisotopic (exact) mass is 195 g/mol. The molecule has 1 atom stereocenters. The molecule has 0 saturated heterocycles. The third-order valence-electron chi connectivity index (χ3n) is 0.847. The van der Waals surface area contributed by atoms with Gasteiger partial charge in [-0.1, -0.05) is 29.8 Å². The molecule has 3 nitrogen and oxygen atoms in total. The molecule has 0 heterocycles. The van der Waals surface area contributed by atoms with E-state index in [-0.39, 0.29) is 10.9 Å². The number of nitrogens with one attached hydrogen (secondary N) is 1. The van der Waals surface area contributed by atoms with Crippen molar-refractivity contribution in [3.8, 4) is 0 Å². The molecule has 0 aromatic rings. The van der Waals surface area contributed by atoms with E-state index in [1.165, 1.54) is 0 Å². The number of hydrogen-bond acceptors (Lipinski definition) is 1. The van der Waals surface area contributed by atoms with Gasteiger partial charge in [0.25, 0.3) is 0 Å². The molecule has 0 aromatic carbocycles. The van der Waals surface area contributed by atoms with Crippen LogP contribution < -0.4 is 5.32 Å². The van der Waals surface area contributed by atoms with E-state index in [0.29, 0.717) is 0 Å². The Labute approximate surface area is 62.6 Å². The van der Waals surface area contributed by atoms with Gasteiger partial charge in [-0.25, -0.2) is 4.79 Å². The van der Waals surface area contributed by atoms with Crippen molar-refractivity contribution in [3.05, 3.63) is 0 Å². The highest BCUT2D eigenvalue weighted by molar-refractivity contribution is 9.09. The standard InChI is InChI=1S/C5H10BrNO2/c1-3(2)4(6)7-5(8)9/h3-4,7H,1-2H3,(H,8,9). The number of halogens is 1. The van der Waals surface area contributed by atoms with Crippen LogP contribution in [0.4, 0.5) is 4.79 Å². The first-order valence-electron chi connectivity index (χ1n) is 2.67. The lowest BCUT2D eigenvalue weighted by Gasteiger charge is -2.12. The Morgan fingerprint density at radius 2 is 2.11 bits per heavy atom. The lowest BCUT2D eigenvalue weighted by molar-refractivity contribution is 0.192. The fraction of sp³-hybridized carbons (Fsp3) is 0.800. The largest absolute Gasteiger partial charge is 0.465 e. The van der Waals surface area contributed by atoms with E-state index < -0.39 is 6.09 Å². The van der Waals surface area contributed by atoms with Crippen LogP contribution >= 0.6 is 15.9 Å². The van der Waals surface area contributed by atoms with Crippen LogP contribution in [0, 0.1) is 5.92 Å². The zero-order valence-corrected chi connectivity index (χ0v) is 6.97. The molecule has 54 valence electrons. The summed E-state index contributed by atoms with van der Waals surface area (Å²) in [6.07, 6.45) is -0.995. The van der Waals surface area contributed by atoms with Crippen LogP contribution in [0.25, 0.3) is 0 Å². The minimum atomic E-state index is -0.995. The molecule has 0 spiro atoms. The summed E-state index contributed by atoms with van der Waals surface area (Å²) in [6.45, 7) is 3.85. The van der Waals surface area contributed by atoms with Gasteiger partial charge in [0, 0.05) is 0 Å². The summed E-state index contributed by atoms with van der Waals surface area (Å²) < 4.78 is 0. The first kappa shape index (κ1) is 8.75. The SMILES string of the molecule is CC(C)C(Br)NC(=O)O. The molecule has 4 heteroatoms. The van der Waals surface area contributed by atoms with Crippen molar-refractivity contribution in [3.63, 3.8) is 0 Å². The van der Waals surface area contributed by atoms with Crippen molar-refractivity contribution in [2.75, 3.05) is 0 Å². The molecule has 0 aliphatic carbocycles. The van der Waals surface area contributed by atoms with E-state index in [9.17, 15) is 4.79 Å². The second-order valence-corrected chi connectivity index (χ2v) is 3.08. The molecular formula is C5H10BrNO2. The normalized spacial score (nSPS) is 13.3. The van der Waals surface area contributed by atoms with Gasteiger partial charge in [-0.05, 0) is 5.92 Å². The summed E-state index contributed by atoms with van der Waals surface area (Å²) in [7, 11) is 0. The fourth-order valence-corrected chi connectivity index (χ4v) is 0.480. The van der Waals surface area contributed by atoms with Gasteiger partial charge >= 0.3 is 6.09 Å².